The Morgan fingerprint density at radius 1 is 1.04 bits per heavy atom. The van der Waals surface area contributed by atoms with Crippen LogP contribution in [0.1, 0.15) is 5.56 Å². The predicted octanol–water partition coefficient (Wildman–Crippen LogP) is 4.03. The second-order valence-electron chi connectivity index (χ2n) is 4.88. The van der Waals surface area contributed by atoms with Crippen molar-refractivity contribution in [3.05, 3.63) is 54.1 Å². The first kappa shape index (κ1) is 18.1. The highest BCUT2D eigenvalue weighted by molar-refractivity contribution is 7.92. The molecule has 130 valence electrons. The Kier molecular flexibility index (Phi) is 5.02. The second-order valence-corrected chi connectivity index (χ2v) is 6.56. The van der Waals surface area contributed by atoms with Crippen molar-refractivity contribution in [2.75, 3.05) is 4.72 Å². The predicted molar refractivity (Wildman–Crippen MR) is 80.0 cm³/mol. The number of para-hydroxylation sites is 2. The van der Waals surface area contributed by atoms with E-state index in [1.807, 2.05) is 0 Å². The summed E-state index contributed by atoms with van der Waals surface area (Å²) in [6.07, 6.45) is -8.80. The maximum atomic E-state index is 13.1. The van der Waals surface area contributed by atoms with Gasteiger partial charge in [0, 0.05) is 0 Å². The number of rotatable bonds is 6. The third-order valence-electron chi connectivity index (χ3n) is 2.96. The van der Waals surface area contributed by atoms with Gasteiger partial charge in [-0.3, -0.25) is 4.72 Å². The van der Waals surface area contributed by atoms with E-state index in [0.717, 1.165) is 17.7 Å². The number of benzene rings is 2. The normalized spacial score (nSPS) is 12.2. The highest BCUT2D eigenvalue weighted by Crippen LogP contribution is 2.33. The lowest BCUT2D eigenvalue weighted by Gasteiger charge is -2.19. The molecule has 4 nitrogen and oxygen atoms in total. The third-order valence-corrected chi connectivity index (χ3v) is 4.34. The summed E-state index contributed by atoms with van der Waals surface area (Å²) in [5.41, 5.74) is 0.452. The van der Waals surface area contributed by atoms with Gasteiger partial charge in [0.1, 0.15) is 0 Å². The van der Waals surface area contributed by atoms with E-state index in [1.54, 1.807) is 19.1 Å². The van der Waals surface area contributed by atoms with Crippen molar-refractivity contribution in [2.24, 2.45) is 0 Å². The number of hydrogen-bond donors (Lipinski definition) is 1. The van der Waals surface area contributed by atoms with Gasteiger partial charge in [-0.25, -0.2) is 8.42 Å². The minimum Gasteiger partial charge on any atom is -0.426 e. The molecule has 0 aromatic heterocycles. The number of anilines is 1. The fraction of sp³-hybridized carbons (Fsp3) is 0.200. The molecule has 24 heavy (non-hydrogen) atoms. The van der Waals surface area contributed by atoms with Crippen molar-refractivity contribution in [3.63, 3.8) is 0 Å². The van der Waals surface area contributed by atoms with E-state index in [1.165, 1.54) is 24.3 Å². The van der Waals surface area contributed by atoms with E-state index >= 15 is 0 Å². The van der Waals surface area contributed by atoms with E-state index in [9.17, 15) is 26.0 Å². The molecule has 0 spiro atoms. The minimum absolute atomic E-state index is 0.108. The van der Waals surface area contributed by atoms with E-state index in [2.05, 4.69) is 9.46 Å². The molecule has 0 amide bonds. The molecule has 0 aliphatic carbocycles. The zero-order valence-corrected chi connectivity index (χ0v) is 13.2. The second kappa shape index (κ2) is 6.68. The van der Waals surface area contributed by atoms with E-state index in [4.69, 9.17) is 0 Å². The summed E-state index contributed by atoms with van der Waals surface area (Å²) in [7, 11) is -4.09. The summed E-state index contributed by atoms with van der Waals surface area (Å²) in [5.74, 6) is -0.710. The number of ether oxygens (including phenoxy) is 1. The van der Waals surface area contributed by atoms with Crippen LogP contribution in [0.2, 0.25) is 0 Å². The molecule has 9 heteroatoms. The van der Waals surface area contributed by atoms with Crippen molar-refractivity contribution in [3.8, 4) is 5.75 Å². The SMILES string of the molecule is Cc1ccc(S(=O)(=O)Nc2ccccc2OC(F)(F)C(F)F)cc1. The first-order valence-corrected chi connectivity index (χ1v) is 8.13. The van der Waals surface area contributed by atoms with Gasteiger partial charge in [-0.2, -0.15) is 17.6 Å². The van der Waals surface area contributed by atoms with Gasteiger partial charge in [0.15, 0.2) is 5.75 Å². The molecule has 0 fully saturated rings. The largest absolute Gasteiger partial charge is 0.461 e. The highest BCUT2D eigenvalue weighted by atomic mass is 32.2. The summed E-state index contributed by atoms with van der Waals surface area (Å²) in [5, 5.41) is 0. The van der Waals surface area contributed by atoms with Crippen LogP contribution >= 0.6 is 0 Å². The van der Waals surface area contributed by atoms with Gasteiger partial charge in [0.25, 0.3) is 10.0 Å². The fourth-order valence-corrected chi connectivity index (χ4v) is 2.82. The van der Waals surface area contributed by atoms with Gasteiger partial charge < -0.3 is 4.74 Å². The van der Waals surface area contributed by atoms with Gasteiger partial charge in [-0.05, 0) is 31.2 Å². The molecule has 1 N–H and O–H groups in total. The Hall–Kier alpha value is -2.29. The van der Waals surface area contributed by atoms with Crippen LogP contribution in [0.5, 0.6) is 5.75 Å². The summed E-state index contributed by atoms with van der Waals surface area (Å²) in [6.45, 7) is 1.76. The number of hydrogen-bond acceptors (Lipinski definition) is 3. The Morgan fingerprint density at radius 2 is 1.62 bits per heavy atom. The Morgan fingerprint density at radius 3 is 2.21 bits per heavy atom. The van der Waals surface area contributed by atoms with Gasteiger partial charge in [-0.15, -0.1) is 0 Å². The lowest BCUT2D eigenvalue weighted by molar-refractivity contribution is -0.252. The minimum atomic E-state index is -4.74. The van der Waals surface area contributed by atoms with Crippen LogP contribution in [0, 0.1) is 6.92 Å². The summed E-state index contributed by atoms with van der Waals surface area (Å²) in [6, 6.07) is 10.5. The van der Waals surface area contributed by atoms with Crippen LogP contribution in [0.4, 0.5) is 23.2 Å². The number of alkyl halides is 4. The first-order valence-electron chi connectivity index (χ1n) is 6.65. The molecule has 0 atom stereocenters. The number of aryl methyl sites for hydroxylation is 1. The van der Waals surface area contributed by atoms with Crippen LogP contribution in [0.25, 0.3) is 0 Å². The van der Waals surface area contributed by atoms with Crippen LogP contribution in [-0.4, -0.2) is 21.0 Å². The van der Waals surface area contributed by atoms with Crippen LogP contribution in [0.15, 0.2) is 53.4 Å². The summed E-state index contributed by atoms with van der Waals surface area (Å²) < 4.78 is 81.2. The van der Waals surface area contributed by atoms with Gasteiger partial charge in [0.2, 0.25) is 0 Å². The van der Waals surface area contributed by atoms with Crippen molar-refractivity contribution in [2.45, 2.75) is 24.4 Å². The van der Waals surface area contributed by atoms with Crippen LogP contribution in [-0.2, 0) is 10.0 Å². The third kappa shape index (κ3) is 4.16. The van der Waals surface area contributed by atoms with Gasteiger partial charge >= 0.3 is 12.5 Å². The molecule has 0 bridgehead atoms. The number of nitrogens with one attached hydrogen (secondary N) is 1. The zero-order chi connectivity index (χ0) is 18.0. The smallest absolute Gasteiger partial charge is 0.426 e. The first-order chi connectivity index (χ1) is 11.1. The lowest BCUT2D eigenvalue weighted by atomic mass is 10.2. The zero-order valence-electron chi connectivity index (χ0n) is 12.3. The van der Waals surface area contributed by atoms with Crippen molar-refractivity contribution < 1.29 is 30.7 Å². The molecule has 0 aliphatic rings. The van der Waals surface area contributed by atoms with Crippen LogP contribution < -0.4 is 9.46 Å². The molecule has 0 saturated heterocycles. The molecular weight excluding hydrogens is 350 g/mol. The summed E-state index contributed by atoms with van der Waals surface area (Å²) >= 11 is 0. The molecule has 0 heterocycles. The summed E-state index contributed by atoms with van der Waals surface area (Å²) in [4.78, 5) is -0.108. The van der Waals surface area contributed by atoms with Crippen molar-refractivity contribution in [1.82, 2.24) is 0 Å². The number of halogens is 4. The molecule has 0 aliphatic heterocycles. The Bertz CT molecular complexity index is 808. The molecule has 0 radical (unpaired) electrons. The quantitative estimate of drug-likeness (QED) is 0.789. The Labute approximate surface area is 136 Å². The fourth-order valence-electron chi connectivity index (χ4n) is 1.75. The topological polar surface area (TPSA) is 55.4 Å². The van der Waals surface area contributed by atoms with Gasteiger partial charge in [-0.1, -0.05) is 29.8 Å². The maximum Gasteiger partial charge on any atom is 0.461 e. The average molecular weight is 363 g/mol. The maximum absolute atomic E-state index is 13.1. The molecule has 2 aromatic rings. The Balaban J connectivity index is 2.32. The van der Waals surface area contributed by atoms with E-state index < -0.39 is 28.3 Å². The molecule has 2 rings (SSSR count). The molecule has 0 saturated carbocycles. The average Bonchev–Trinajstić information content (AvgIpc) is 2.49. The van der Waals surface area contributed by atoms with E-state index in [0.29, 0.717) is 0 Å². The van der Waals surface area contributed by atoms with Crippen molar-refractivity contribution >= 4 is 15.7 Å². The van der Waals surface area contributed by atoms with Gasteiger partial charge in [0.05, 0.1) is 10.6 Å². The standard InChI is InChI=1S/C15H13F4NO3S/c1-10-6-8-11(9-7-10)24(21,22)20-12-4-2-3-5-13(12)23-15(18,19)14(16)17/h2-9,14,20H,1H3. The lowest BCUT2D eigenvalue weighted by Crippen LogP contribution is -2.33. The molecular formula is C15H13F4NO3S. The van der Waals surface area contributed by atoms with E-state index in [-0.39, 0.29) is 10.6 Å². The molecule has 2 aromatic carbocycles. The highest BCUT2D eigenvalue weighted by Gasteiger charge is 2.44. The molecule has 0 unspecified atom stereocenters. The monoisotopic (exact) mass is 363 g/mol. The number of sulfonamides is 1. The van der Waals surface area contributed by atoms with Crippen LogP contribution in [0.3, 0.4) is 0 Å². The van der Waals surface area contributed by atoms with Crippen molar-refractivity contribution in [1.29, 1.82) is 0 Å².